The lowest BCUT2D eigenvalue weighted by Crippen LogP contribution is -2.64. The Morgan fingerprint density at radius 2 is 2.12 bits per heavy atom. The number of imide groups is 1. The van der Waals surface area contributed by atoms with Crippen LogP contribution in [0.3, 0.4) is 0 Å². The lowest BCUT2D eigenvalue weighted by Gasteiger charge is -2.30. The van der Waals surface area contributed by atoms with Crippen LogP contribution in [-0.2, 0) is 25.7 Å². The first-order valence-corrected chi connectivity index (χ1v) is 10.4. The van der Waals surface area contributed by atoms with E-state index < -0.39 is 47.2 Å². The average molecular weight is 459 g/mol. The molecule has 1 fully saturated rings. The van der Waals surface area contributed by atoms with Crippen molar-refractivity contribution in [3.63, 3.8) is 0 Å². The largest absolute Gasteiger partial charge is 0.497 e. The van der Waals surface area contributed by atoms with Crippen molar-refractivity contribution in [3.8, 4) is 5.75 Å². The molecule has 11 nitrogen and oxygen atoms in total. The maximum absolute atomic E-state index is 12.8. The fourth-order valence-corrected chi connectivity index (χ4v) is 3.74. The van der Waals surface area contributed by atoms with Crippen LogP contribution in [0.5, 0.6) is 5.75 Å². The molecule has 2 heterocycles. The number of methoxy groups -OCH3 is 1. The Labute approximate surface area is 191 Å². The van der Waals surface area contributed by atoms with E-state index in [1.54, 1.807) is 13.2 Å². The van der Waals surface area contributed by atoms with Crippen molar-refractivity contribution in [2.75, 3.05) is 26.7 Å². The molecule has 2 aliphatic heterocycles. The summed E-state index contributed by atoms with van der Waals surface area (Å²) in [5, 5.41) is 15.4. The van der Waals surface area contributed by atoms with Crippen molar-refractivity contribution in [1.82, 2.24) is 10.6 Å². The Hall–Kier alpha value is -3.28. The Morgan fingerprint density at radius 1 is 1.33 bits per heavy atom. The van der Waals surface area contributed by atoms with Gasteiger partial charge in [0.2, 0.25) is 6.29 Å². The maximum Gasteiger partial charge on any atom is 0.422 e. The predicted molar refractivity (Wildman–Crippen MR) is 114 cm³/mol. The first kappa shape index (κ1) is 24.4. The van der Waals surface area contributed by atoms with E-state index in [4.69, 9.17) is 10.5 Å². The Morgan fingerprint density at radius 3 is 2.79 bits per heavy atom. The third kappa shape index (κ3) is 5.95. The zero-order chi connectivity index (χ0) is 24.0. The number of nitrogens with zero attached hydrogens (tertiary/aromatic N) is 1. The number of ether oxygens (including phenoxy) is 2. The summed E-state index contributed by atoms with van der Waals surface area (Å²) in [6, 6.07) is 5.57. The van der Waals surface area contributed by atoms with Gasteiger partial charge in [-0.3, -0.25) is 9.59 Å². The SMILES string of the molecule is COc1cccc(CNCC2=CC[C]C(=O)[N@@+](CC(=O)NC3CC(=O)OC3O)(C(N)=O)C2)c1. The summed E-state index contributed by atoms with van der Waals surface area (Å²) in [6.07, 6.45) is 2.83. The molecule has 0 aliphatic carbocycles. The molecular formula is C22H27N4O7+. The third-order valence-electron chi connectivity index (χ3n) is 5.49. The molecule has 2 radical (unpaired) electrons. The van der Waals surface area contributed by atoms with Gasteiger partial charge in [-0.1, -0.05) is 18.2 Å². The highest BCUT2D eigenvalue weighted by molar-refractivity contribution is 5.92. The van der Waals surface area contributed by atoms with E-state index in [1.807, 2.05) is 24.3 Å². The number of primary amides is 1. The lowest BCUT2D eigenvalue weighted by atomic mass is 10.1. The number of nitrogens with two attached hydrogens (primary N) is 1. The molecule has 11 heteroatoms. The Kier molecular flexibility index (Phi) is 7.79. The van der Waals surface area contributed by atoms with E-state index in [-0.39, 0.29) is 19.4 Å². The van der Waals surface area contributed by atoms with Crippen LogP contribution in [0.2, 0.25) is 0 Å². The van der Waals surface area contributed by atoms with Gasteiger partial charge in [-0.25, -0.2) is 9.59 Å². The molecule has 0 bridgehead atoms. The number of quaternary nitrogens is 1. The highest BCUT2D eigenvalue weighted by atomic mass is 16.6. The van der Waals surface area contributed by atoms with Crippen molar-refractivity contribution in [1.29, 1.82) is 0 Å². The van der Waals surface area contributed by atoms with Crippen LogP contribution >= 0.6 is 0 Å². The maximum atomic E-state index is 12.8. The van der Waals surface area contributed by atoms with Crippen molar-refractivity contribution < 1.29 is 38.2 Å². The molecular weight excluding hydrogens is 432 g/mol. The number of aliphatic hydroxyl groups excluding tert-OH is 1. The standard InChI is InChI=1S/C22H26N4O7/c1-32-16-6-2-4-14(8-16)10-24-11-15-5-3-7-19(28)26(12-15,22(23)31)13-18(27)25-17-9-20(29)33-21(17)30/h2,4-6,8,17,21,24,30H,3,9-13H2,1H3,(H2-,23,25,27,31)/p+1/t17?,21?,26-/m1/s1. The van der Waals surface area contributed by atoms with Crippen molar-refractivity contribution in [3.05, 3.63) is 47.9 Å². The molecule has 0 saturated carbocycles. The van der Waals surface area contributed by atoms with Gasteiger partial charge in [-0.15, -0.1) is 0 Å². The van der Waals surface area contributed by atoms with E-state index in [9.17, 15) is 24.3 Å². The Balaban J connectivity index is 1.66. The van der Waals surface area contributed by atoms with E-state index in [2.05, 4.69) is 21.8 Å². The zero-order valence-corrected chi connectivity index (χ0v) is 18.2. The number of urea groups is 1. The molecule has 2 aliphatic rings. The fraction of sp³-hybridized carbons (Fsp3) is 0.409. The fourth-order valence-electron chi connectivity index (χ4n) is 3.74. The molecule has 0 aromatic heterocycles. The summed E-state index contributed by atoms with van der Waals surface area (Å²) in [5.74, 6) is -1.37. The molecule has 1 saturated heterocycles. The van der Waals surface area contributed by atoms with Crippen LogP contribution in [0.25, 0.3) is 0 Å². The smallest absolute Gasteiger partial charge is 0.422 e. The minimum absolute atomic E-state index is 0.109. The average Bonchev–Trinajstić information content (AvgIpc) is 2.99. The first-order chi connectivity index (χ1) is 15.7. The van der Waals surface area contributed by atoms with Crippen LogP contribution in [-0.4, -0.2) is 72.5 Å². The van der Waals surface area contributed by atoms with E-state index in [0.717, 1.165) is 11.3 Å². The number of nitrogens with one attached hydrogen (secondary N) is 2. The number of carbonyl (C=O) groups excluding carboxylic acids is 4. The number of amides is 4. The summed E-state index contributed by atoms with van der Waals surface area (Å²) < 4.78 is 8.83. The van der Waals surface area contributed by atoms with E-state index >= 15 is 0 Å². The molecule has 5 N–H and O–H groups in total. The summed E-state index contributed by atoms with van der Waals surface area (Å²) >= 11 is 0. The Bertz CT molecular complexity index is 964. The summed E-state index contributed by atoms with van der Waals surface area (Å²) in [7, 11) is 1.59. The molecule has 4 amide bonds. The second-order valence-electron chi connectivity index (χ2n) is 7.88. The molecule has 3 rings (SSSR count). The molecule has 1 aromatic rings. The van der Waals surface area contributed by atoms with Crippen LogP contribution in [0, 0.1) is 6.42 Å². The summed E-state index contributed by atoms with van der Waals surface area (Å²) in [6.45, 7) is 0.166. The number of carbonyl (C=O) groups is 4. The van der Waals surface area contributed by atoms with Crippen LogP contribution in [0.15, 0.2) is 35.9 Å². The second-order valence-corrected chi connectivity index (χ2v) is 7.88. The van der Waals surface area contributed by atoms with Crippen LogP contribution in [0.1, 0.15) is 18.4 Å². The number of benzene rings is 1. The topological polar surface area (TPSA) is 157 Å². The quantitative estimate of drug-likeness (QED) is 0.227. The second kappa shape index (κ2) is 10.6. The molecule has 33 heavy (non-hydrogen) atoms. The van der Waals surface area contributed by atoms with Gasteiger partial charge in [-0.05, 0) is 29.7 Å². The normalized spacial score (nSPS) is 25.1. The third-order valence-corrected chi connectivity index (χ3v) is 5.49. The number of hydrogen-bond acceptors (Lipinski definition) is 8. The zero-order valence-electron chi connectivity index (χ0n) is 18.2. The highest BCUT2D eigenvalue weighted by Crippen LogP contribution is 2.21. The molecule has 2 unspecified atom stereocenters. The van der Waals surface area contributed by atoms with E-state index in [0.29, 0.717) is 18.7 Å². The van der Waals surface area contributed by atoms with Gasteiger partial charge < -0.3 is 30.9 Å². The van der Waals surface area contributed by atoms with Gasteiger partial charge in [0, 0.05) is 13.1 Å². The monoisotopic (exact) mass is 459 g/mol. The van der Waals surface area contributed by atoms with Crippen molar-refractivity contribution in [2.24, 2.45) is 5.73 Å². The van der Waals surface area contributed by atoms with Crippen molar-refractivity contribution in [2.45, 2.75) is 31.7 Å². The molecule has 0 spiro atoms. The number of rotatable bonds is 8. The molecule has 1 aromatic carbocycles. The minimum Gasteiger partial charge on any atom is -0.497 e. The van der Waals surface area contributed by atoms with Gasteiger partial charge in [0.25, 0.3) is 5.91 Å². The number of cyclic esters (lactones) is 1. The van der Waals surface area contributed by atoms with Gasteiger partial charge in [0.15, 0.2) is 6.54 Å². The van der Waals surface area contributed by atoms with Crippen molar-refractivity contribution >= 4 is 23.8 Å². The molecule has 176 valence electrons. The number of hydrogen-bond donors (Lipinski definition) is 4. The van der Waals surface area contributed by atoms with Crippen LogP contribution in [0.4, 0.5) is 4.79 Å². The minimum atomic E-state index is -1.49. The van der Waals surface area contributed by atoms with Gasteiger partial charge >= 0.3 is 17.9 Å². The number of esters is 1. The number of allylic oxidation sites excluding steroid dienone is 1. The van der Waals surface area contributed by atoms with E-state index in [1.165, 1.54) is 0 Å². The summed E-state index contributed by atoms with van der Waals surface area (Å²) in [5.41, 5.74) is 7.28. The first-order valence-electron chi connectivity index (χ1n) is 10.4. The van der Waals surface area contributed by atoms with Crippen LogP contribution < -0.4 is 21.1 Å². The van der Waals surface area contributed by atoms with Gasteiger partial charge in [-0.2, -0.15) is 4.48 Å². The number of aliphatic hydroxyl groups is 1. The summed E-state index contributed by atoms with van der Waals surface area (Å²) in [4.78, 5) is 49.1. The lowest BCUT2D eigenvalue weighted by molar-refractivity contribution is -0.756. The molecule has 3 atom stereocenters. The van der Waals surface area contributed by atoms with Gasteiger partial charge in [0.05, 0.1) is 13.5 Å². The van der Waals surface area contributed by atoms with Gasteiger partial charge in [0.1, 0.15) is 24.8 Å². The predicted octanol–water partition coefficient (Wildman–Crippen LogP) is -0.632. The highest BCUT2D eigenvalue weighted by Gasteiger charge is 2.47.